The fourth-order valence-corrected chi connectivity index (χ4v) is 4.97. The van der Waals surface area contributed by atoms with Gasteiger partial charge in [0.1, 0.15) is 12.3 Å². The van der Waals surface area contributed by atoms with Gasteiger partial charge in [-0.1, -0.05) is 65.7 Å². The number of halogens is 1. The highest BCUT2D eigenvalue weighted by molar-refractivity contribution is 6.31. The summed E-state index contributed by atoms with van der Waals surface area (Å²) in [5.74, 6) is 0.478. The van der Waals surface area contributed by atoms with Gasteiger partial charge in [0.2, 0.25) is 5.88 Å². The van der Waals surface area contributed by atoms with Gasteiger partial charge in [-0.25, -0.2) is 9.97 Å². The molecule has 0 amide bonds. The summed E-state index contributed by atoms with van der Waals surface area (Å²) >= 11 is 6.39. The van der Waals surface area contributed by atoms with E-state index >= 15 is 0 Å². The zero-order valence-electron chi connectivity index (χ0n) is 22.5. The highest BCUT2D eigenvalue weighted by atomic mass is 35.5. The first-order valence-electron chi connectivity index (χ1n) is 13.5. The molecule has 0 bridgehead atoms. The summed E-state index contributed by atoms with van der Waals surface area (Å²) in [5, 5.41) is 14.0. The molecule has 3 aromatic carbocycles. The molecule has 0 radical (unpaired) electrons. The number of nitrogens with zero attached hydrogens (tertiary/aromatic N) is 2. The van der Waals surface area contributed by atoms with Crippen LogP contribution in [0.15, 0.2) is 90.4 Å². The molecule has 5 rings (SSSR count). The van der Waals surface area contributed by atoms with Gasteiger partial charge < -0.3 is 15.2 Å². The first kappa shape index (κ1) is 26.9. The summed E-state index contributed by atoms with van der Waals surface area (Å²) in [5.41, 5.74) is 9.88. The average Bonchev–Trinajstić information content (AvgIpc) is 2.89. The average molecular weight is 540 g/mol. The number of aliphatic hydroxyl groups excluding tert-OH is 1. The van der Waals surface area contributed by atoms with Crippen LogP contribution in [0.2, 0.25) is 5.02 Å². The lowest BCUT2D eigenvalue weighted by molar-refractivity contribution is 0.195. The van der Waals surface area contributed by atoms with Gasteiger partial charge in [0.25, 0.3) is 0 Å². The number of aliphatic hydroxyl groups is 1. The van der Waals surface area contributed by atoms with Crippen molar-refractivity contribution >= 4 is 17.3 Å². The van der Waals surface area contributed by atoms with Crippen molar-refractivity contribution in [3.63, 3.8) is 0 Å². The van der Waals surface area contributed by atoms with Crippen LogP contribution in [0.1, 0.15) is 48.4 Å². The van der Waals surface area contributed by atoms with Crippen LogP contribution in [-0.4, -0.2) is 21.2 Å². The van der Waals surface area contributed by atoms with E-state index < -0.39 is 0 Å². The van der Waals surface area contributed by atoms with Gasteiger partial charge in [-0.15, -0.1) is 0 Å². The van der Waals surface area contributed by atoms with Crippen molar-refractivity contribution < 1.29 is 9.84 Å². The van der Waals surface area contributed by atoms with E-state index in [1.165, 1.54) is 23.3 Å². The first-order valence-corrected chi connectivity index (χ1v) is 13.9. The molecule has 1 saturated carbocycles. The second-order valence-electron chi connectivity index (χ2n) is 10.3. The van der Waals surface area contributed by atoms with Gasteiger partial charge in [-0.05, 0) is 74.4 Å². The highest BCUT2D eigenvalue weighted by Gasteiger charge is 2.16. The van der Waals surface area contributed by atoms with E-state index in [-0.39, 0.29) is 6.10 Å². The lowest BCUT2D eigenvalue weighted by Crippen LogP contribution is -2.12. The Labute approximate surface area is 235 Å². The number of anilines is 1. The van der Waals surface area contributed by atoms with Crippen LogP contribution in [-0.2, 0) is 19.4 Å². The van der Waals surface area contributed by atoms with Crippen molar-refractivity contribution in [2.24, 2.45) is 0 Å². The minimum atomic E-state index is -0.329. The van der Waals surface area contributed by atoms with E-state index in [0.29, 0.717) is 29.6 Å². The van der Waals surface area contributed by atoms with Gasteiger partial charge in [-0.3, -0.25) is 0 Å². The van der Waals surface area contributed by atoms with Crippen molar-refractivity contribution in [2.45, 2.75) is 58.7 Å². The Morgan fingerprint density at radius 2 is 1.69 bits per heavy atom. The third-order valence-corrected chi connectivity index (χ3v) is 7.36. The Morgan fingerprint density at radius 1 is 0.974 bits per heavy atom. The standard InChI is InChI=1S/C33H34ClN3O2/c1-22-6-11-28(30(34)18-22)21-39-33-32(35-16-17-36-33)27-12-14-29(15-13-27)37-31(26-4-3-5-26)20-25-9-7-24(8-10-25)19-23(2)38/h6-18,23,37-38H,3-5,19-21H2,1-2H3. The van der Waals surface area contributed by atoms with Crippen molar-refractivity contribution in [3.8, 4) is 17.1 Å². The first-order chi connectivity index (χ1) is 18.9. The lowest BCUT2D eigenvalue weighted by atomic mass is 9.88. The van der Waals surface area contributed by atoms with E-state index in [0.717, 1.165) is 47.2 Å². The van der Waals surface area contributed by atoms with Crippen molar-refractivity contribution in [2.75, 3.05) is 5.32 Å². The molecule has 1 aliphatic carbocycles. The van der Waals surface area contributed by atoms with Crippen LogP contribution in [0.3, 0.4) is 0 Å². The normalized spacial score (nSPS) is 13.5. The molecule has 200 valence electrons. The topological polar surface area (TPSA) is 67.3 Å². The summed E-state index contributed by atoms with van der Waals surface area (Å²) in [6.45, 7) is 4.15. The number of benzene rings is 3. The molecule has 6 heteroatoms. The number of hydrogen-bond donors (Lipinski definition) is 2. The Bertz CT molecular complexity index is 1440. The molecule has 2 N–H and O–H groups in total. The Hall–Kier alpha value is -3.67. The summed E-state index contributed by atoms with van der Waals surface area (Å²) < 4.78 is 6.05. The Balaban J connectivity index is 1.28. The molecule has 0 spiro atoms. The van der Waals surface area contributed by atoms with E-state index in [1.807, 2.05) is 44.2 Å². The van der Waals surface area contributed by atoms with Crippen LogP contribution in [0.4, 0.5) is 5.69 Å². The van der Waals surface area contributed by atoms with Crippen LogP contribution < -0.4 is 10.1 Å². The zero-order chi connectivity index (χ0) is 27.2. The highest BCUT2D eigenvalue weighted by Crippen LogP contribution is 2.32. The fourth-order valence-electron chi connectivity index (χ4n) is 4.68. The summed E-state index contributed by atoms with van der Waals surface area (Å²) in [4.78, 5) is 8.99. The van der Waals surface area contributed by atoms with Gasteiger partial charge in [0, 0.05) is 46.3 Å². The number of hydrogen-bond acceptors (Lipinski definition) is 5. The fraction of sp³-hybridized carbons (Fsp3) is 0.273. The second kappa shape index (κ2) is 12.5. The minimum Gasteiger partial charge on any atom is -0.471 e. The largest absolute Gasteiger partial charge is 0.471 e. The van der Waals surface area contributed by atoms with Crippen molar-refractivity contribution in [1.82, 2.24) is 9.97 Å². The Kier molecular flexibility index (Phi) is 8.60. The Morgan fingerprint density at radius 3 is 2.36 bits per heavy atom. The molecule has 1 atom stereocenters. The molecule has 1 aliphatic rings. The number of allylic oxidation sites excluding steroid dienone is 2. The molecule has 1 aromatic heterocycles. The number of aromatic nitrogens is 2. The van der Waals surface area contributed by atoms with Gasteiger partial charge in [0.05, 0.1) is 6.10 Å². The van der Waals surface area contributed by atoms with Gasteiger partial charge >= 0.3 is 0 Å². The smallest absolute Gasteiger partial charge is 0.240 e. The van der Waals surface area contributed by atoms with Crippen molar-refractivity contribution in [3.05, 3.63) is 118 Å². The van der Waals surface area contributed by atoms with E-state index in [1.54, 1.807) is 12.4 Å². The number of rotatable bonds is 10. The second-order valence-corrected chi connectivity index (χ2v) is 10.7. The van der Waals surface area contributed by atoms with E-state index in [2.05, 4.69) is 51.7 Å². The molecule has 1 unspecified atom stereocenters. The van der Waals surface area contributed by atoms with Gasteiger partial charge in [0.15, 0.2) is 0 Å². The quantitative estimate of drug-likeness (QED) is 0.216. The molecule has 1 fully saturated rings. The molecule has 5 nitrogen and oxygen atoms in total. The van der Waals surface area contributed by atoms with Crippen LogP contribution in [0.5, 0.6) is 5.88 Å². The summed E-state index contributed by atoms with van der Waals surface area (Å²) in [6, 6.07) is 22.8. The number of aryl methyl sites for hydroxylation is 1. The van der Waals surface area contributed by atoms with Crippen LogP contribution in [0.25, 0.3) is 11.3 Å². The number of ether oxygens (including phenoxy) is 1. The lowest BCUT2D eigenvalue weighted by Gasteiger charge is -2.24. The third kappa shape index (κ3) is 7.05. The molecular weight excluding hydrogens is 506 g/mol. The molecule has 0 saturated heterocycles. The van der Waals surface area contributed by atoms with E-state index in [9.17, 15) is 5.11 Å². The zero-order valence-corrected chi connectivity index (χ0v) is 23.2. The molecular formula is C33H34ClN3O2. The predicted molar refractivity (Wildman–Crippen MR) is 158 cm³/mol. The summed E-state index contributed by atoms with van der Waals surface area (Å²) in [6.07, 6.45) is 8.06. The van der Waals surface area contributed by atoms with Gasteiger partial charge in [-0.2, -0.15) is 0 Å². The maximum atomic E-state index is 9.66. The number of nitrogens with one attached hydrogen (secondary N) is 1. The molecule has 4 aromatic rings. The van der Waals surface area contributed by atoms with Crippen LogP contribution >= 0.6 is 11.6 Å². The molecule has 39 heavy (non-hydrogen) atoms. The third-order valence-electron chi connectivity index (χ3n) is 7.01. The SMILES string of the molecule is Cc1ccc(COc2nccnc2-c2ccc(NC(Cc3ccc(CC(C)O)cc3)=C3CCC3)cc2)c(Cl)c1. The maximum Gasteiger partial charge on any atom is 0.240 e. The predicted octanol–water partition coefficient (Wildman–Crippen LogP) is 7.70. The molecule has 1 heterocycles. The van der Waals surface area contributed by atoms with Crippen LogP contribution in [0, 0.1) is 6.92 Å². The van der Waals surface area contributed by atoms with Crippen molar-refractivity contribution in [1.29, 1.82) is 0 Å². The monoisotopic (exact) mass is 539 g/mol. The molecule has 0 aliphatic heterocycles. The minimum absolute atomic E-state index is 0.321. The summed E-state index contributed by atoms with van der Waals surface area (Å²) in [7, 11) is 0. The maximum absolute atomic E-state index is 9.66. The van der Waals surface area contributed by atoms with E-state index in [4.69, 9.17) is 16.3 Å².